The van der Waals surface area contributed by atoms with Crippen LogP contribution in [0.25, 0.3) is 0 Å². The second kappa shape index (κ2) is 10.3. The first kappa shape index (κ1) is 20.4. The van der Waals surface area contributed by atoms with Gasteiger partial charge in [0, 0.05) is 45.4 Å². The van der Waals surface area contributed by atoms with Gasteiger partial charge < -0.3 is 24.6 Å². The van der Waals surface area contributed by atoms with Crippen LogP contribution in [0.5, 0.6) is 0 Å². The summed E-state index contributed by atoms with van der Waals surface area (Å²) < 4.78 is 11.1. The molecule has 0 saturated carbocycles. The van der Waals surface area contributed by atoms with Gasteiger partial charge in [0.25, 0.3) is 0 Å². The maximum atomic E-state index is 12.5. The fourth-order valence-electron chi connectivity index (χ4n) is 3.76. The molecule has 7 nitrogen and oxygen atoms in total. The van der Waals surface area contributed by atoms with E-state index < -0.39 is 0 Å². The molecule has 1 unspecified atom stereocenters. The monoisotopic (exact) mass is 375 g/mol. The molecular formula is C17H30ClN3O4. The van der Waals surface area contributed by atoms with Crippen molar-refractivity contribution in [3.63, 3.8) is 0 Å². The molecular weight excluding hydrogens is 346 g/mol. The summed E-state index contributed by atoms with van der Waals surface area (Å²) in [7, 11) is 0. The van der Waals surface area contributed by atoms with Crippen molar-refractivity contribution in [3.8, 4) is 0 Å². The summed E-state index contributed by atoms with van der Waals surface area (Å²) >= 11 is 0. The van der Waals surface area contributed by atoms with E-state index in [0.29, 0.717) is 26.1 Å². The van der Waals surface area contributed by atoms with Crippen molar-refractivity contribution in [1.82, 2.24) is 15.1 Å². The molecule has 0 aromatic heterocycles. The molecule has 8 heteroatoms. The van der Waals surface area contributed by atoms with Crippen LogP contribution in [0.3, 0.4) is 0 Å². The first-order valence-corrected chi connectivity index (χ1v) is 9.21. The van der Waals surface area contributed by atoms with Crippen LogP contribution in [0, 0.1) is 0 Å². The molecule has 144 valence electrons. The number of piperazine rings is 1. The Labute approximate surface area is 155 Å². The van der Waals surface area contributed by atoms with Gasteiger partial charge in [0.05, 0.1) is 25.7 Å². The Morgan fingerprint density at radius 2 is 2.04 bits per heavy atom. The SMILES string of the molecule is Cl.O=C(CCOC1CCOCC1)N1CCCC(N2CCNCC2=O)C1. The average molecular weight is 376 g/mol. The Morgan fingerprint density at radius 1 is 1.24 bits per heavy atom. The number of rotatable bonds is 5. The number of likely N-dealkylation sites (tertiary alicyclic amines) is 1. The van der Waals surface area contributed by atoms with E-state index in [1.54, 1.807) is 0 Å². The zero-order chi connectivity index (χ0) is 16.8. The highest BCUT2D eigenvalue weighted by molar-refractivity contribution is 5.85. The second-order valence-electron chi connectivity index (χ2n) is 6.83. The van der Waals surface area contributed by atoms with Crippen LogP contribution < -0.4 is 5.32 Å². The Hall–Kier alpha value is -0.890. The third kappa shape index (κ3) is 5.81. The van der Waals surface area contributed by atoms with Crippen molar-refractivity contribution in [2.45, 2.75) is 44.2 Å². The van der Waals surface area contributed by atoms with Crippen molar-refractivity contribution in [1.29, 1.82) is 0 Å². The summed E-state index contributed by atoms with van der Waals surface area (Å²) in [4.78, 5) is 28.4. The molecule has 0 aromatic carbocycles. The van der Waals surface area contributed by atoms with E-state index in [-0.39, 0.29) is 36.4 Å². The number of piperidine rings is 1. The normalized spacial score (nSPS) is 25.6. The smallest absolute Gasteiger partial charge is 0.236 e. The lowest BCUT2D eigenvalue weighted by Gasteiger charge is -2.41. The molecule has 3 aliphatic rings. The van der Waals surface area contributed by atoms with Crippen LogP contribution in [0.1, 0.15) is 32.1 Å². The second-order valence-corrected chi connectivity index (χ2v) is 6.83. The minimum Gasteiger partial charge on any atom is -0.381 e. The summed E-state index contributed by atoms with van der Waals surface area (Å²) in [5, 5.41) is 3.10. The van der Waals surface area contributed by atoms with Crippen LogP contribution in [-0.4, -0.2) is 86.3 Å². The van der Waals surface area contributed by atoms with Gasteiger partial charge in [-0.05, 0) is 25.7 Å². The van der Waals surface area contributed by atoms with Gasteiger partial charge in [0.2, 0.25) is 11.8 Å². The minimum absolute atomic E-state index is 0. The lowest BCUT2D eigenvalue weighted by Crippen LogP contribution is -2.57. The first-order chi connectivity index (χ1) is 11.7. The quantitative estimate of drug-likeness (QED) is 0.754. The molecule has 0 aromatic rings. The molecule has 0 spiro atoms. The predicted molar refractivity (Wildman–Crippen MR) is 95.8 cm³/mol. The summed E-state index contributed by atoms with van der Waals surface area (Å²) in [6, 6.07) is 0.175. The third-order valence-corrected chi connectivity index (χ3v) is 5.15. The van der Waals surface area contributed by atoms with Crippen molar-refractivity contribution >= 4 is 24.2 Å². The van der Waals surface area contributed by atoms with Crippen LogP contribution in [-0.2, 0) is 19.1 Å². The molecule has 25 heavy (non-hydrogen) atoms. The standard InChI is InChI=1S/C17H29N3O4.ClH/c21-16(5-11-24-15-3-9-23-10-4-15)19-7-1-2-14(13-19)20-8-6-18-12-17(20)22;/h14-15,18H,1-13H2;1H. The molecule has 3 heterocycles. The Kier molecular flexibility index (Phi) is 8.42. The maximum absolute atomic E-state index is 12.5. The van der Waals surface area contributed by atoms with Crippen LogP contribution in [0.4, 0.5) is 0 Å². The number of hydrogen-bond donors (Lipinski definition) is 1. The zero-order valence-electron chi connectivity index (χ0n) is 14.8. The Bertz CT molecular complexity index is 446. The Balaban J connectivity index is 0.00000225. The van der Waals surface area contributed by atoms with E-state index >= 15 is 0 Å². The average Bonchev–Trinajstić information content (AvgIpc) is 2.63. The molecule has 3 fully saturated rings. The first-order valence-electron chi connectivity index (χ1n) is 9.21. The number of ether oxygens (including phenoxy) is 2. The third-order valence-electron chi connectivity index (χ3n) is 5.15. The summed E-state index contributed by atoms with van der Waals surface area (Å²) in [6.45, 7) is 5.47. The molecule has 0 aliphatic carbocycles. The van der Waals surface area contributed by atoms with E-state index in [4.69, 9.17) is 9.47 Å². The van der Waals surface area contributed by atoms with Crippen molar-refractivity contribution in [3.05, 3.63) is 0 Å². The molecule has 0 radical (unpaired) electrons. The van der Waals surface area contributed by atoms with Crippen LogP contribution in [0.15, 0.2) is 0 Å². The number of nitrogens with zero attached hydrogens (tertiary/aromatic N) is 2. The van der Waals surface area contributed by atoms with Gasteiger partial charge in [-0.15, -0.1) is 12.4 Å². The zero-order valence-corrected chi connectivity index (χ0v) is 15.6. The predicted octanol–water partition coefficient (Wildman–Crippen LogP) is 0.417. The van der Waals surface area contributed by atoms with E-state index in [1.807, 2.05) is 9.80 Å². The minimum atomic E-state index is 0. The molecule has 3 rings (SSSR count). The van der Waals surface area contributed by atoms with Gasteiger partial charge in [0.1, 0.15) is 0 Å². The van der Waals surface area contributed by atoms with Crippen molar-refractivity contribution in [2.75, 3.05) is 52.5 Å². The van der Waals surface area contributed by atoms with E-state index in [0.717, 1.165) is 58.5 Å². The summed E-state index contributed by atoms with van der Waals surface area (Å²) in [6.07, 6.45) is 4.47. The lowest BCUT2D eigenvalue weighted by molar-refractivity contribution is -0.141. The molecule has 2 amide bonds. The van der Waals surface area contributed by atoms with Crippen LogP contribution >= 0.6 is 12.4 Å². The van der Waals surface area contributed by atoms with Gasteiger partial charge >= 0.3 is 0 Å². The fourth-order valence-corrected chi connectivity index (χ4v) is 3.76. The number of hydrogen-bond acceptors (Lipinski definition) is 5. The number of carbonyl (C=O) groups is 2. The number of carbonyl (C=O) groups excluding carboxylic acids is 2. The lowest BCUT2D eigenvalue weighted by atomic mass is 10.0. The number of nitrogens with one attached hydrogen (secondary N) is 1. The van der Waals surface area contributed by atoms with E-state index in [9.17, 15) is 9.59 Å². The summed E-state index contributed by atoms with van der Waals surface area (Å²) in [5.74, 6) is 0.303. The number of halogens is 1. The molecule has 3 aliphatic heterocycles. The highest BCUT2D eigenvalue weighted by Gasteiger charge is 2.31. The van der Waals surface area contributed by atoms with E-state index in [1.165, 1.54) is 0 Å². The van der Waals surface area contributed by atoms with Crippen molar-refractivity contribution < 1.29 is 19.1 Å². The van der Waals surface area contributed by atoms with E-state index in [2.05, 4.69) is 5.32 Å². The molecule has 1 atom stereocenters. The van der Waals surface area contributed by atoms with Gasteiger partial charge in [-0.2, -0.15) is 0 Å². The van der Waals surface area contributed by atoms with Crippen LogP contribution in [0.2, 0.25) is 0 Å². The molecule has 1 N–H and O–H groups in total. The Morgan fingerprint density at radius 3 is 2.80 bits per heavy atom. The molecule has 3 saturated heterocycles. The molecule has 0 bridgehead atoms. The topological polar surface area (TPSA) is 71.1 Å². The van der Waals surface area contributed by atoms with Gasteiger partial charge in [0.15, 0.2) is 0 Å². The maximum Gasteiger partial charge on any atom is 0.236 e. The fraction of sp³-hybridized carbons (Fsp3) is 0.882. The van der Waals surface area contributed by atoms with Gasteiger partial charge in [-0.3, -0.25) is 9.59 Å². The highest BCUT2D eigenvalue weighted by atomic mass is 35.5. The van der Waals surface area contributed by atoms with Gasteiger partial charge in [-0.25, -0.2) is 0 Å². The highest BCUT2D eigenvalue weighted by Crippen LogP contribution is 2.18. The van der Waals surface area contributed by atoms with Gasteiger partial charge in [-0.1, -0.05) is 0 Å². The number of amides is 2. The summed E-state index contributed by atoms with van der Waals surface area (Å²) in [5.41, 5.74) is 0. The van der Waals surface area contributed by atoms with Crippen molar-refractivity contribution in [2.24, 2.45) is 0 Å². The largest absolute Gasteiger partial charge is 0.381 e.